The Labute approximate surface area is 118 Å². The molecule has 2 aromatic heterocycles. The van der Waals surface area contributed by atoms with Crippen molar-refractivity contribution in [1.29, 1.82) is 0 Å². The van der Waals surface area contributed by atoms with Crippen molar-refractivity contribution >= 4 is 0 Å². The zero-order valence-corrected chi connectivity index (χ0v) is 11.4. The molecule has 0 amide bonds. The average molecular weight is 264 g/mol. The molecule has 20 heavy (non-hydrogen) atoms. The van der Waals surface area contributed by atoms with Crippen molar-refractivity contribution in [2.45, 2.75) is 19.8 Å². The standard InChI is InChI=1S/C17H16N2O/c1-2-13-8-9-15(18-11-13)17-16(19-12-20-17)10-14-6-4-3-5-7-14/h3-9,11-12H,2,10H2,1H3. The maximum atomic E-state index is 5.52. The number of rotatable bonds is 4. The van der Waals surface area contributed by atoms with Gasteiger partial charge in [0.05, 0.1) is 5.69 Å². The normalized spacial score (nSPS) is 10.7. The second-order valence-electron chi connectivity index (χ2n) is 4.70. The lowest BCUT2D eigenvalue weighted by atomic mass is 10.1. The molecule has 100 valence electrons. The molecule has 1 aromatic carbocycles. The molecule has 0 saturated carbocycles. The van der Waals surface area contributed by atoms with Gasteiger partial charge in [0, 0.05) is 12.6 Å². The molecule has 2 heterocycles. The van der Waals surface area contributed by atoms with E-state index in [0.717, 1.165) is 30.0 Å². The number of pyridine rings is 1. The van der Waals surface area contributed by atoms with E-state index >= 15 is 0 Å². The van der Waals surface area contributed by atoms with Gasteiger partial charge in [-0.05, 0) is 23.6 Å². The second kappa shape index (κ2) is 5.70. The smallest absolute Gasteiger partial charge is 0.181 e. The maximum Gasteiger partial charge on any atom is 0.181 e. The SMILES string of the molecule is CCc1ccc(-c2ocnc2Cc2ccccc2)nc1. The third-order valence-electron chi connectivity index (χ3n) is 3.32. The lowest BCUT2D eigenvalue weighted by molar-refractivity contribution is 0.569. The van der Waals surface area contributed by atoms with Crippen LogP contribution >= 0.6 is 0 Å². The van der Waals surface area contributed by atoms with Crippen LogP contribution in [0.25, 0.3) is 11.5 Å². The first-order chi connectivity index (χ1) is 9.86. The number of hydrogen-bond acceptors (Lipinski definition) is 3. The highest BCUT2D eigenvalue weighted by molar-refractivity contribution is 5.55. The van der Waals surface area contributed by atoms with E-state index in [4.69, 9.17) is 4.42 Å². The van der Waals surface area contributed by atoms with Crippen LogP contribution in [0.4, 0.5) is 0 Å². The molecule has 3 nitrogen and oxygen atoms in total. The molecule has 0 atom stereocenters. The van der Waals surface area contributed by atoms with E-state index in [0.29, 0.717) is 0 Å². The van der Waals surface area contributed by atoms with Gasteiger partial charge in [0.1, 0.15) is 5.69 Å². The molecule has 3 aromatic rings. The van der Waals surface area contributed by atoms with Crippen LogP contribution in [-0.2, 0) is 12.8 Å². The van der Waals surface area contributed by atoms with Crippen molar-refractivity contribution in [3.63, 3.8) is 0 Å². The minimum Gasteiger partial charge on any atom is -0.442 e. The Bertz CT molecular complexity index is 672. The van der Waals surface area contributed by atoms with Gasteiger partial charge in [0.25, 0.3) is 0 Å². The molecule has 3 heteroatoms. The van der Waals surface area contributed by atoms with Gasteiger partial charge >= 0.3 is 0 Å². The predicted octanol–water partition coefficient (Wildman–Crippen LogP) is 3.89. The van der Waals surface area contributed by atoms with Crippen LogP contribution in [0.1, 0.15) is 23.7 Å². The summed E-state index contributed by atoms with van der Waals surface area (Å²) in [6.45, 7) is 2.12. The Kier molecular flexibility index (Phi) is 3.59. The van der Waals surface area contributed by atoms with Crippen molar-refractivity contribution in [2.75, 3.05) is 0 Å². The first-order valence-corrected chi connectivity index (χ1v) is 6.78. The number of oxazole rings is 1. The molecular weight excluding hydrogens is 248 g/mol. The van der Waals surface area contributed by atoms with Gasteiger partial charge < -0.3 is 4.42 Å². The summed E-state index contributed by atoms with van der Waals surface area (Å²) in [5, 5.41) is 0. The zero-order valence-electron chi connectivity index (χ0n) is 11.4. The number of aryl methyl sites for hydroxylation is 1. The van der Waals surface area contributed by atoms with Crippen molar-refractivity contribution in [2.24, 2.45) is 0 Å². The second-order valence-corrected chi connectivity index (χ2v) is 4.70. The summed E-state index contributed by atoms with van der Waals surface area (Å²) in [6, 6.07) is 14.3. The Morgan fingerprint density at radius 3 is 2.50 bits per heavy atom. The summed E-state index contributed by atoms with van der Waals surface area (Å²) in [5.74, 6) is 0.761. The molecular formula is C17H16N2O. The molecule has 0 spiro atoms. The Morgan fingerprint density at radius 2 is 1.80 bits per heavy atom. The fraction of sp³-hybridized carbons (Fsp3) is 0.176. The molecule has 0 radical (unpaired) electrons. The number of benzene rings is 1. The summed E-state index contributed by atoms with van der Waals surface area (Å²) in [5.41, 5.74) is 4.20. The van der Waals surface area contributed by atoms with Crippen LogP contribution in [-0.4, -0.2) is 9.97 Å². The van der Waals surface area contributed by atoms with Gasteiger partial charge in [-0.3, -0.25) is 4.98 Å². The van der Waals surface area contributed by atoms with E-state index in [1.807, 2.05) is 30.5 Å². The third-order valence-corrected chi connectivity index (χ3v) is 3.32. The molecule has 0 fully saturated rings. The van der Waals surface area contributed by atoms with Gasteiger partial charge in [-0.1, -0.05) is 43.3 Å². The first kappa shape index (κ1) is 12.6. The van der Waals surface area contributed by atoms with E-state index in [2.05, 4.69) is 35.1 Å². The lowest BCUT2D eigenvalue weighted by Crippen LogP contribution is -1.93. The van der Waals surface area contributed by atoms with Crippen molar-refractivity contribution in [3.05, 3.63) is 71.9 Å². The van der Waals surface area contributed by atoms with E-state index < -0.39 is 0 Å². The van der Waals surface area contributed by atoms with Gasteiger partial charge in [-0.2, -0.15) is 0 Å². The van der Waals surface area contributed by atoms with E-state index in [-0.39, 0.29) is 0 Å². The van der Waals surface area contributed by atoms with Crippen LogP contribution < -0.4 is 0 Å². The summed E-state index contributed by atoms with van der Waals surface area (Å²) >= 11 is 0. The van der Waals surface area contributed by atoms with Gasteiger partial charge in [-0.15, -0.1) is 0 Å². The maximum absolute atomic E-state index is 5.52. The Balaban J connectivity index is 1.89. The van der Waals surface area contributed by atoms with Crippen molar-refractivity contribution < 1.29 is 4.42 Å². The quantitative estimate of drug-likeness (QED) is 0.717. The summed E-state index contributed by atoms with van der Waals surface area (Å²) in [4.78, 5) is 8.78. The number of nitrogens with zero attached hydrogens (tertiary/aromatic N) is 2. The first-order valence-electron chi connectivity index (χ1n) is 6.78. The van der Waals surface area contributed by atoms with E-state index in [1.165, 1.54) is 17.5 Å². The third kappa shape index (κ3) is 2.62. The van der Waals surface area contributed by atoms with Crippen LogP contribution in [0.5, 0.6) is 0 Å². The molecule has 0 unspecified atom stereocenters. The highest BCUT2D eigenvalue weighted by atomic mass is 16.3. The largest absolute Gasteiger partial charge is 0.442 e. The topological polar surface area (TPSA) is 38.9 Å². The van der Waals surface area contributed by atoms with Crippen LogP contribution in [0.3, 0.4) is 0 Å². The van der Waals surface area contributed by atoms with Gasteiger partial charge in [0.2, 0.25) is 0 Å². The minimum absolute atomic E-state index is 0.754. The average Bonchev–Trinajstić information content (AvgIpc) is 2.96. The molecule has 0 aliphatic carbocycles. The molecule has 0 aliphatic rings. The van der Waals surface area contributed by atoms with E-state index in [1.54, 1.807) is 0 Å². The van der Waals surface area contributed by atoms with Gasteiger partial charge in [0.15, 0.2) is 12.2 Å². The minimum atomic E-state index is 0.754. The van der Waals surface area contributed by atoms with Gasteiger partial charge in [-0.25, -0.2) is 4.98 Å². The van der Waals surface area contributed by atoms with Crippen molar-refractivity contribution in [1.82, 2.24) is 9.97 Å². The summed E-state index contributed by atoms with van der Waals surface area (Å²) < 4.78 is 5.52. The monoisotopic (exact) mass is 264 g/mol. The summed E-state index contributed by atoms with van der Waals surface area (Å²) in [6.07, 6.45) is 5.12. The zero-order chi connectivity index (χ0) is 13.8. The predicted molar refractivity (Wildman–Crippen MR) is 78.4 cm³/mol. The van der Waals surface area contributed by atoms with E-state index in [9.17, 15) is 0 Å². The highest BCUT2D eigenvalue weighted by Crippen LogP contribution is 2.23. The number of aromatic nitrogens is 2. The van der Waals surface area contributed by atoms with Crippen molar-refractivity contribution in [3.8, 4) is 11.5 Å². The van der Waals surface area contributed by atoms with Crippen LogP contribution in [0, 0.1) is 0 Å². The lowest BCUT2D eigenvalue weighted by Gasteiger charge is -2.02. The van der Waals surface area contributed by atoms with Crippen LogP contribution in [0.15, 0.2) is 59.5 Å². The Hall–Kier alpha value is -2.42. The number of hydrogen-bond donors (Lipinski definition) is 0. The molecule has 0 aliphatic heterocycles. The molecule has 0 N–H and O–H groups in total. The highest BCUT2D eigenvalue weighted by Gasteiger charge is 2.12. The fourth-order valence-electron chi connectivity index (χ4n) is 2.16. The Morgan fingerprint density at radius 1 is 0.950 bits per heavy atom. The molecule has 3 rings (SSSR count). The fourth-order valence-corrected chi connectivity index (χ4v) is 2.16. The molecule has 0 saturated heterocycles. The summed E-state index contributed by atoms with van der Waals surface area (Å²) in [7, 11) is 0. The molecule has 0 bridgehead atoms. The van der Waals surface area contributed by atoms with Crippen LogP contribution in [0.2, 0.25) is 0 Å².